The van der Waals surface area contributed by atoms with Gasteiger partial charge in [-0.1, -0.05) is 63.4 Å². The van der Waals surface area contributed by atoms with Gasteiger partial charge in [0.15, 0.2) is 0 Å². The zero-order chi connectivity index (χ0) is 12.1. The minimum Gasteiger partial charge on any atom is -0.0625 e. The van der Waals surface area contributed by atoms with Crippen LogP contribution >= 0.6 is 0 Å². The molecule has 0 amide bonds. The van der Waals surface area contributed by atoms with Crippen LogP contribution in [0.5, 0.6) is 0 Å². The largest absolute Gasteiger partial charge is 0.0625 e. The molecule has 0 spiro atoms. The molecule has 0 nitrogen and oxygen atoms in total. The average Bonchev–Trinajstić information content (AvgIpc) is 2.38. The lowest BCUT2D eigenvalue weighted by Crippen LogP contribution is -2.24. The van der Waals surface area contributed by atoms with Crippen molar-refractivity contribution in [3.8, 4) is 0 Å². The van der Waals surface area contributed by atoms with Crippen LogP contribution in [0.4, 0.5) is 0 Å². The summed E-state index contributed by atoms with van der Waals surface area (Å²) in [6.07, 6.45) is 8.53. The number of rotatable bonds is 4. The van der Waals surface area contributed by atoms with Gasteiger partial charge in [0.2, 0.25) is 0 Å². The fourth-order valence-electron chi connectivity index (χ4n) is 3.47. The monoisotopic (exact) mass is 230 g/mol. The second-order valence-electron chi connectivity index (χ2n) is 5.98. The van der Waals surface area contributed by atoms with Crippen molar-refractivity contribution in [3.05, 3.63) is 35.9 Å². The SMILES string of the molecule is CC(C)C1CCCCC1CCc1ccccc1. The Balaban J connectivity index is 1.88. The summed E-state index contributed by atoms with van der Waals surface area (Å²) in [5.41, 5.74) is 1.51. The van der Waals surface area contributed by atoms with Crippen LogP contribution in [0.2, 0.25) is 0 Å². The number of hydrogen-bond acceptors (Lipinski definition) is 0. The molecule has 2 unspecified atom stereocenters. The van der Waals surface area contributed by atoms with Crippen molar-refractivity contribution in [2.75, 3.05) is 0 Å². The first-order valence-corrected chi connectivity index (χ1v) is 7.31. The Hall–Kier alpha value is -0.780. The van der Waals surface area contributed by atoms with E-state index in [1.54, 1.807) is 0 Å². The molecule has 2 rings (SSSR count). The summed E-state index contributed by atoms with van der Waals surface area (Å²) in [5, 5.41) is 0. The van der Waals surface area contributed by atoms with Gasteiger partial charge in [0.1, 0.15) is 0 Å². The molecule has 1 aliphatic carbocycles. The van der Waals surface area contributed by atoms with Gasteiger partial charge in [-0.3, -0.25) is 0 Å². The lowest BCUT2D eigenvalue weighted by molar-refractivity contribution is 0.171. The normalized spacial score (nSPS) is 25.1. The Labute approximate surface area is 106 Å². The fourth-order valence-corrected chi connectivity index (χ4v) is 3.47. The Morgan fingerprint density at radius 1 is 1.06 bits per heavy atom. The standard InChI is InChI=1S/C17H26/c1-14(2)17-11-7-6-10-16(17)13-12-15-8-4-3-5-9-15/h3-5,8-9,14,16-17H,6-7,10-13H2,1-2H3. The zero-order valence-electron chi connectivity index (χ0n) is 11.4. The molecule has 17 heavy (non-hydrogen) atoms. The zero-order valence-corrected chi connectivity index (χ0v) is 11.4. The number of hydrogen-bond donors (Lipinski definition) is 0. The van der Waals surface area contributed by atoms with E-state index >= 15 is 0 Å². The van der Waals surface area contributed by atoms with E-state index in [9.17, 15) is 0 Å². The predicted octanol–water partition coefficient (Wildman–Crippen LogP) is 5.08. The third-order valence-electron chi connectivity index (χ3n) is 4.47. The van der Waals surface area contributed by atoms with Crippen LogP contribution in [0, 0.1) is 17.8 Å². The highest BCUT2D eigenvalue weighted by atomic mass is 14.3. The van der Waals surface area contributed by atoms with E-state index < -0.39 is 0 Å². The summed E-state index contributed by atoms with van der Waals surface area (Å²) in [7, 11) is 0. The molecule has 94 valence electrons. The Morgan fingerprint density at radius 3 is 2.47 bits per heavy atom. The third-order valence-corrected chi connectivity index (χ3v) is 4.47. The van der Waals surface area contributed by atoms with Gasteiger partial charge < -0.3 is 0 Å². The topological polar surface area (TPSA) is 0 Å². The van der Waals surface area contributed by atoms with E-state index in [0.29, 0.717) is 0 Å². The Kier molecular flexibility index (Phi) is 4.65. The van der Waals surface area contributed by atoms with E-state index in [4.69, 9.17) is 0 Å². The summed E-state index contributed by atoms with van der Waals surface area (Å²) in [4.78, 5) is 0. The van der Waals surface area contributed by atoms with Crippen LogP contribution in [0.15, 0.2) is 30.3 Å². The van der Waals surface area contributed by atoms with Gasteiger partial charge in [-0.25, -0.2) is 0 Å². The second-order valence-corrected chi connectivity index (χ2v) is 5.98. The maximum atomic E-state index is 2.41. The molecule has 0 heteroatoms. The van der Waals surface area contributed by atoms with Gasteiger partial charge in [-0.15, -0.1) is 0 Å². The molecule has 1 saturated carbocycles. The molecule has 0 radical (unpaired) electrons. The van der Waals surface area contributed by atoms with Gasteiger partial charge in [0, 0.05) is 0 Å². The lowest BCUT2D eigenvalue weighted by Gasteiger charge is -2.34. The van der Waals surface area contributed by atoms with Gasteiger partial charge in [-0.2, -0.15) is 0 Å². The fraction of sp³-hybridized carbons (Fsp3) is 0.647. The summed E-state index contributed by atoms with van der Waals surface area (Å²) >= 11 is 0. The van der Waals surface area contributed by atoms with E-state index in [1.165, 1.54) is 44.1 Å². The highest BCUT2D eigenvalue weighted by molar-refractivity contribution is 5.14. The molecule has 0 saturated heterocycles. The first kappa shape index (κ1) is 12.7. The van der Waals surface area contributed by atoms with Crippen molar-refractivity contribution in [3.63, 3.8) is 0 Å². The predicted molar refractivity (Wildman–Crippen MR) is 75.0 cm³/mol. The Morgan fingerprint density at radius 2 is 1.76 bits per heavy atom. The van der Waals surface area contributed by atoms with Crippen molar-refractivity contribution in [2.45, 2.75) is 52.4 Å². The quantitative estimate of drug-likeness (QED) is 0.676. The first-order valence-electron chi connectivity index (χ1n) is 7.31. The van der Waals surface area contributed by atoms with Crippen LogP contribution in [-0.4, -0.2) is 0 Å². The molecule has 1 aliphatic rings. The van der Waals surface area contributed by atoms with Crippen molar-refractivity contribution in [2.24, 2.45) is 17.8 Å². The van der Waals surface area contributed by atoms with Crippen molar-refractivity contribution in [1.82, 2.24) is 0 Å². The minimum absolute atomic E-state index is 0.871. The summed E-state index contributed by atoms with van der Waals surface area (Å²) < 4.78 is 0. The molecule has 0 N–H and O–H groups in total. The third kappa shape index (κ3) is 3.59. The van der Waals surface area contributed by atoms with Crippen molar-refractivity contribution < 1.29 is 0 Å². The molecule has 1 aromatic carbocycles. The van der Waals surface area contributed by atoms with Crippen molar-refractivity contribution >= 4 is 0 Å². The minimum atomic E-state index is 0.871. The summed E-state index contributed by atoms with van der Waals surface area (Å²) in [5.74, 6) is 2.83. The smallest absolute Gasteiger partial charge is 0.0276 e. The summed E-state index contributed by atoms with van der Waals surface area (Å²) in [6.45, 7) is 4.82. The first-order chi connectivity index (χ1) is 8.27. The van der Waals surface area contributed by atoms with Crippen LogP contribution in [0.25, 0.3) is 0 Å². The van der Waals surface area contributed by atoms with Gasteiger partial charge in [-0.05, 0) is 42.6 Å². The van der Waals surface area contributed by atoms with E-state index in [1.807, 2.05) is 0 Å². The molecular weight excluding hydrogens is 204 g/mol. The van der Waals surface area contributed by atoms with E-state index in [0.717, 1.165) is 17.8 Å². The molecule has 0 bridgehead atoms. The van der Waals surface area contributed by atoms with E-state index in [2.05, 4.69) is 44.2 Å². The molecule has 1 aromatic rings. The maximum Gasteiger partial charge on any atom is -0.0276 e. The second kappa shape index (κ2) is 6.23. The molecule has 0 heterocycles. The highest BCUT2D eigenvalue weighted by Crippen LogP contribution is 2.37. The average molecular weight is 230 g/mol. The van der Waals surface area contributed by atoms with E-state index in [-0.39, 0.29) is 0 Å². The maximum absolute atomic E-state index is 2.41. The van der Waals surface area contributed by atoms with Crippen LogP contribution in [0.3, 0.4) is 0 Å². The lowest BCUT2D eigenvalue weighted by atomic mass is 9.71. The number of aryl methyl sites for hydroxylation is 1. The van der Waals surface area contributed by atoms with Crippen molar-refractivity contribution in [1.29, 1.82) is 0 Å². The van der Waals surface area contributed by atoms with Gasteiger partial charge in [0.25, 0.3) is 0 Å². The Bertz CT molecular complexity index is 312. The summed E-state index contributed by atoms with van der Waals surface area (Å²) in [6, 6.07) is 11.0. The number of benzene rings is 1. The molecular formula is C17H26. The highest BCUT2D eigenvalue weighted by Gasteiger charge is 2.26. The molecule has 2 atom stereocenters. The van der Waals surface area contributed by atoms with Gasteiger partial charge >= 0.3 is 0 Å². The molecule has 0 aliphatic heterocycles. The molecule has 1 fully saturated rings. The molecule has 0 aromatic heterocycles. The van der Waals surface area contributed by atoms with Crippen LogP contribution < -0.4 is 0 Å². The van der Waals surface area contributed by atoms with Crippen LogP contribution in [0.1, 0.15) is 51.5 Å². The van der Waals surface area contributed by atoms with Crippen LogP contribution in [-0.2, 0) is 6.42 Å². The van der Waals surface area contributed by atoms with Gasteiger partial charge in [0.05, 0.1) is 0 Å².